The summed E-state index contributed by atoms with van der Waals surface area (Å²) in [6.07, 6.45) is 0. The third kappa shape index (κ3) is 2.77. The second-order valence-electron chi connectivity index (χ2n) is 5.54. The molecule has 0 amide bonds. The van der Waals surface area contributed by atoms with E-state index in [4.69, 9.17) is 0 Å². The van der Waals surface area contributed by atoms with E-state index in [-0.39, 0.29) is 0 Å². The lowest BCUT2D eigenvalue weighted by molar-refractivity contribution is 0.586. The summed E-state index contributed by atoms with van der Waals surface area (Å²) in [7, 11) is 0. The van der Waals surface area contributed by atoms with Crippen molar-refractivity contribution in [2.75, 3.05) is 0 Å². The Balaban J connectivity index is 2.24. The van der Waals surface area contributed by atoms with Crippen molar-refractivity contribution in [2.45, 2.75) is 13.8 Å². The van der Waals surface area contributed by atoms with Gasteiger partial charge in [-0.1, -0.05) is 59.7 Å². The second kappa shape index (κ2) is 5.72. The van der Waals surface area contributed by atoms with Crippen LogP contribution in [-0.2, 0) is 0 Å². The van der Waals surface area contributed by atoms with Crippen LogP contribution in [0.5, 0.6) is 0 Å². The van der Waals surface area contributed by atoms with Gasteiger partial charge in [-0.3, -0.25) is 0 Å². The highest BCUT2D eigenvalue weighted by molar-refractivity contribution is 5.84. The average molecular weight is 294 g/mol. The van der Waals surface area contributed by atoms with E-state index in [0.717, 1.165) is 28.3 Å². The number of aryl methyl sites for hydroxylation is 2. The zero-order valence-electron chi connectivity index (χ0n) is 12.5. The summed E-state index contributed by atoms with van der Waals surface area (Å²) < 4.78 is 28.1. The first-order valence-corrected chi connectivity index (χ1v) is 7.18. The third-order valence-electron chi connectivity index (χ3n) is 3.76. The molecule has 0 aliphatic carbocycles. The lowest BCUT2D eigenvalue weighted by atomic mass is 9.93. The molecule has 0 bridgehead atoms. The summed E-state index contributed by atoms with van der Waals surface area (Å²) in [5.41, 5.74) is 4.77. The molecular weight excluding hydrogens is 278 g/mol. The number of hydrogen-bond donors (Lipinski definition) is 0. The van der Waals surface area contributed by atoms with Gasteiger partial charge in [-0.15, -0.1) is 0 Å². The van der Waals surface area contributed by atoms with Gasteiger partial charge < -0.3 is 0 Å². The Labute approximate surface area is 129 Å². The van der Waals surface area contributed by atoms with E-state index in [2.05, 4.69) is 0 Å². The maximum Gasteiger partial charge on any atom is 0.134 e. The van der Waals surface area contributed by atoms with E-state index in [1.54, 1.807) is 0 Å². The Morgan fingerprint density at radius 2 is 1.14 bits per heavy atom. The third-order valence-corrected chi connectivity index (χ3v) is 3.76. The highest BCUT2D eigenvalue weighted by Crippen LogP contribution is 2.35. The van der Waals surface area contributed by atoms with E-state index >= 15 is 0 Å². The fourth-order valence-electron chi connectivity index (χ4n) is 2.55. The van der Waals surface area contributed by atoms with Gasteiger partial charge in [0.05, 0.1) is 0 Å². The van der Waals surface area contributed by atoms with Crippen molar-refractivity contribution < 1.29 is 8.78 Å². The molecule has 3 aromatic carbocycles. The molecule has 0 heterocycles. The first-order chi connectivity index (χ1) is 10.5. The van der Waals surface area contributed by atoms with Gasteiger partial charge in [0.25, 0.3) is 0 Å². The van der Waals surface area contributed by atoms with Gasteiger partial charge >= 0.3 is 0 Å². The number of benzene rings is 3. The van der Waals surface area contributed by atoms with Crippen molar-refractivity contribution in [2.24, 2.45) is 0 Å². The molecule has 3 aromatic rings. The van der Waals surface area contributed by atoms with E-state index in [1.807, 2.05) is 62.4 Å². The summed E-state index contributed by atoms with van der Waals surface area (Å²) in [5, 5.41) is 0. The predicted octanol–water partition coefficient (Wildman–Crippen LogP) is 5.92. The quantitative estimate of drug-likeness (QED) is 0.550. The second-order valence-corrected chi connectivity index (χ2v) is 5.54. The van der Waals surface area contributed by atoms with Crippen molar-refractivity contribution in [1.29, 1.82) is 0 Å². The molecule has 0 atom stereocenters. The van der Waals surface area contributed by atoms with Gasteiger partial charge in [0, 0.05) is 11.6 Å². The maximum absolute atomic E-state index is 14.4. The van der Waals surface area contributed by atoms with Crippen molar-refractivity contribution in [3.63, 3.8) is 0 Å². The van der Waals surface area contributed by atoms with Gasteiger partial charge in [-0.25, -0.2) is 8.78 Å². The minimum atomic E-state index is -0.566. The molecule has 0 unspecified atom stereocenters. The van der Waals surface area contributed by atoms with Gasteiger partial charge in [0.15, 0.2) is 0 Å². The highest BCUT2D eigenvalue weighted by Gasteiger charge is 2.14. The molecule has 0 N–H and O–H groups in total. The van der Waals surface area contributed by atoms with E-state index in [0.29, 0.717) is 11.1 Å². The fourth-order valence-corrected chi connectivity index (χ4v) is 2.55. The molecule has 0 nitrogen and oxygen atoms in total. The van der Waals surface area contributed by atoms with Gasteiger partial charge in [0.1, 0.15) is 11.6 Å². The summed E-state index contributed by atoms with van der Waals surface area (Å²) >= 11 is 0. The molecule has 0 aliphatic heterocycles. The van der Waals surface area contributed by atoms with Crippen LogP contribution < -0.4 is 0 Å². The van der Waals surface area contributed by atoms with Crippen LogP contribution in [0.3, 0.4) is 0 Å². The first kappa shape index (κ1) is 14.5. The van der Waals surface area contributed by atoms with Crippen LogP contribution in [0, 0.1) is 25.5 Å². The van der Waals surface area contributed by atoms with Crippen molar-refractivity contribution >= 4 is 0 Å². The molecule has 22 heavy (non-hydrogen) atoms. The maximum atomic E-state index is 14.4. The number of halogens is 2. The van der Waals surface area contributed by atoms with Crippen LogP contribution in [0.15, 0.2) is 60.7 Å². The number of rotatable bonds is 2. The van der Waals surface area contributed by atoms with Crippen LogP contribution in [0.25, 0.3) is 22.3 Å². The van der Waals surface area contributed by atoms with Gasteiger partial charge in [-0.2, -0.15) is 0 Å². The molecule has 110 valence electrons. The zero-order chi connectivity index (χ0) is 15.7. The van der Waals surface area contributed by atoms with Gasteiger partial charge in [0.2, 0.25) is 0 Å². The van der Waals surface area contributed by atoms with Gasteiger partial charge in [-0.05, 0) is 36.6 Å². The SMILES string of the molecule is Cc1ccc(-c2cc(F)cc(F)c2-c2ccc(C)cc2)cc1. The topological polar surface area (TPSA) is 0 Å². The molecule has 2 heteroatoms. The molecule has 0 radical (unpaired) electrons. The molecule has 0 saturated carbocycles. The Morgan fingerprint density at radius 1 is 0.636 bits per heavy atom. The van der Waals surface area contributed by atoms with Crippen LogP contribution in [0.2, 0.25) is 0 Å². The largest absolute Gasteiger partial charge is 0.207 e. The van der Waals surface area contributed by atoms with Crippen LogP contribution in [0.1, 0.15) is 11.1 Å². The molecule has 3 rings (SSSR count). The van der Waals surface area contributed by atoms with E-state index < -0.39 is 11.6 Å². The minimum absolute atomic E-state index is 0.435. The van der Waals surface area contributed by atoms with Crippen LogP contribution in [-0.4, -0.2) is 0 Å². The molecule has 0 saturated heterocycles. The van der Waals surface area contributed by atoms with Crippen molar-refractivity contribution in [3.05, 3.63) is 83.4 Å². The van der Waals surface area contributed by atoms with Crippen molar-refractivity contribution in [1.82, 2.24) is 0 Å². The summed E-state index contributed by atoms with van der Waals surface area (Å²) in [6, 6.07) is 17.6. The molecule has 0 aliphatic rings. The fraction of sp³-hybridized carbons (Fsp3) is 0.100. The lowest BCUT2D eigenvalue weighted by Crippen LogP contribution is -1.93. The Bertz CT molecular complexity index is 800. The lowest BCUT2D eigenvalue weighted by Gasteiger charge is -2.12. The smallest absolute Gasteiger partial charge is 0.134 e. The standard InChI is InChI=1S/C20H16F2/c1-13-3-7-15(8-4-13)18-11-17(21)12-19(22)20(18)16-9-5-14(2)6-10-16/h3-12H,1-2H3. The summed E-state index contributed by atoms with van der Waals surface area (Å²) in [6.45, 7) is 3.96. The van der Waals surface area contributed by atoms with Crippen molar-refractivity contribution in [3.8, 4) is 22.3 Å². The Morgan fingerprint density at radius 3 is 1.68 bits per heavy atom. The average Bonchev–Trinajstić information content (AvgIpc) is 2.49. The molecule has 0 aromatic heterocycles. The normalized spacial score (nSPS) is 10.7. The van der Waals surface area contributed by atoms with Crippen LogP contribution in [0.4, 0.5) is 8.78 Å². The Hall–Kier alpha value is -2.48. The zero-order valence-corrected chi connectivity index (χ0v) is 12.5. The molecular formula is C20H16F2. The Kier molecular flexibility index (Phi) is 3.76. The molecule has 0 fully saturated rings. The predicted molar refractivity (Wildman–Crippen MR) is 86.7 cm³/mol. The minimum Gasteiger partial charge on any atom is -0.207 e. The number of hydrogen-bond acceptors (Lipinski definition) is 0. The summed E-state index contributed by atoms with van der Waals surface area (Å²) in [5.74, 6) is -1.11. The summed E-state index contributed by atoms with van der Waals surface area (Å²) in [4.78, 5) is 0. The first-order valence-electron chi connectivity index (χ1n) is 7.18. The van der Waals surface area contributed by atoms with E-state index in [9.17, 15) is 8.78 Å². The highest BCUT2D eigenvalue weighted by atomic mass is 19.1. The van der Waals surface area contributed by atoms with Crippen LogP contribution >= 0.6 is 0 Å². The molecule has 0 spiro atoms. The van der Waals surface area contributed by atoms with E-state index in [1.165, 1.54) is 6.07 Å². The monoisotopic (exact) mass is 294 g/mol.